The molecule has 3 aromatic rings. The average Bonchev–Trinajstić information content (AvgIpc) is 2.83. The number of aryl methyl sites for hydroxylation is 2. The maximum atomic E-state index is 5.31. The number of rotatable bonds is 12. The molecule has 32 heavy (non-hydrogen) atoms. The van der Waals surface area contributed by atoms with Gasteiger partial charge in [0, 0.05) is 0 Å². The number of hydrogen-bond acceptors (Lipinski definition) is 4. The molecular weight excluding hydrogens is 518 g/mol. The van der Waals surface area contributed by atoms with Gasteiger partial charge < -0.3 is 0 Å². The fourth-order valence-corrected chi connectivity index (χ4v) is 16.1. The molecular formula is C26H31O2PS2Se. The van der Waals surface area contributed by atoms with E-state index in [1.165, 1.54) is 28.3 Å². The third-order valence-corrected chi connectivity index (χ3v) is 16.7. The summed E-state index contributed by atoms with van der Waals surface area (Å²) in [6.07, 6.45) is 4.56. The Bertz CT molecular complexity index is 939. The third kappa shape index (κ3) is 8.36. The van der Waals surface area contributed by atoms with Gasteiger partial charge in [0.1, 0.15) is 0 Å². The molecule has 0 saturated heterocycles. The van der Waals surface area contributed by atoms with Crippen molar-refractivity contribution in [3.63, 3.8) is 0 Å². The van der Waals surface area contributed by atoms with Crippen molar-refractivity contribution in [2.24, 2.45) is 0 Å². The van der Waals surface area contributed by atoms with Gasteiger partial charge in [-0.3, -0.25) is 0 Å². The maximum absolute atomic E-state index is 5.31. The van der Waals surface area contributed by atoms with Gasteiger partial charge in [0.15, 0.2) is 0 Å². The second-order valence-corrected chi connectivity index (χ2v) is 21.4. The van der Waals surface area contributed by atoms with Gasteiger partial charge in [-0.15, -0.1) is 0 Å². The molecule has 0 fully saturated rings. The fourth-order valence-electron chi connectivity index (χ4n) is 3.38. The van der Waals surface area contributed by atoms with Gasteiger partial charge >= 0.3 is 210 Å². The van der Waals surface area contributed by atoms with E-state index in [4.69, 9.17) is 9.47 Å². The first-order valence-electron chi connectivity index (χ1n) is 10.7. The quantitative estimate of drug-likeness (QED) is 0.102. The van der Waals surface area contributed by atoms with Crippen LogP contribution in [-0.2, 0) is 12.8 Å². The molecule has 0 N–H and O–H groups in total. The van der Waals surface area contributed by atoms with E-state index in [1.807, 2.05) is 11.8 Å². The Morgan fingerprint density at radius 2 is 1.22 bits per heavy atom. The summed E-state index contributed by atoms with van der Waals surface area (Å²) in [5.41, 5.74) is 2.75. The molecule has 0 aromatic heterocycles. The predicted octanol–water partition coefficient (Wildman–Crippen LogP) is 7.38. The van der Waals surface area contributed by atoms with Gasteiger partial charge in [-0.1, -0.05) is 0 Å². The van der Waals surface area contributed by atoms with Crippen LogP contribution >= 0.6 is 27.9 Å². The molecule has 0 spiro atoms. The second kappa shape index (κ2) is 13.0. The van der Waals surface area contributed by atoms with Crippen LogP contribution in [0.3, 0.4) is 0 Å². The van der Waals surface area contributed by atoms with Crippen LogP contribution < -0.4 is 9.47 Å². The van der Waals surface area contributed by atoms with Crippen LogP contribution in [0, 0.1) is 0 Å². The van der Waals surface area contributed by atoms with Crippen LogP contribution in [0.25, 0.3) is 0 Å². The molecule has 170 valence electrons. The van der Waals surface area contributed by atoms with Crippen molar-refractivity contribution >= 4 is 43.0 Å². The van der Waals surface area contributed by atoms with Gasteiger partial charge in [0.05, 0.1) is 0 Å². The summed E-state index contributed by atoms with van der Waals surface area (Å²) in [6.45, 7) is 2.34. The Morgan fingerprint density at radius 1 is 0.750 bits per heavy atom. The predicted molar refractivity (Wildman–Crippen MR) is 145 cm³/mol. The van der Waals surface area contributed by atoms with Gasteiger partial charge in [0.25, 0.3) is 0 Å². The Morgan fingerprint density at radius 3 is 1.66 bits per heavy atom. The molecule has 0 aliphatic carbocycles. The minimum absolute atomic E-state index is 0.499. The standard InChI is InChI=1S/C26H31O2PS2Se/c1-21(30-26-7-5-4-6-8-26)31-29(32,19-17-22-9-13-24(27-2)14-10-22)20-18-23-11-15-25(28-3)16-12-23/h4-16,21H,17-20H2,1-3H3. The van der Waals surface area contributed by atoms with E-state index in [1.54, 1.807) is 14.2 Å². The molecule has 0 aliphatic heterocycles. The van der Waals surface area contributed by atoms with Crippen LogP contribution in [0.4, 0.5) is 0 Å². The number of methoxy groups -OCH3 is 2. The monoisotopic (exact) mass is 550 g/mol. The first-order valence-corrected chi connectivity index (χ1v) is 17.5. The Hall–Kier alpha value is -1.09. The van der Waals surface area contributed by atoms with E-state index >= 15 is 0 Å². The normalized spacial score (nSPS) is 12.3. The molecule has 0 saturated carbocycles. The molecule has 0 heterocycles. The number of thioether (sulfide) groups is 1. The zero-order valence-electron chi connectivity index (χ0n) is 18.9. The Balaban J connectivity index is 1.67. The molecule has 6 heteroatoms. The van der Waals surface area contributed by atoms with Crippen LogP contribution in [0.5, 0.6) is 11.5 Å². The van der Waals surface area contributed by atoms with Crippen molar-refractivity contribution in [2.45, 2.75) is 29.2 Å². The molecule has 1 atom stereocenters. The van der Waals surface area contributed by atoms with E-state index < -0.39 is 4.71 Å². The summed E-state index contributed by atoms with van der Waals surface area (Å²) in [6, 6.07) is 27.8. The first kappa shape index (κ1) is 25.5. The van der Waals surface area contributed by atoms with Crippen LogP contribution in [0.2, 0.25) is 0 Å². The molecule has 0 radical (unpaired) electrons. The van der Waals surface area contributed by atoms with E-state index in [0.717, 1.165) is 24.3 Å². The molecule has 0 amide bonds. The molecule has 0 aliphatic rings. The van der Waals surface area contributed by atoms with Crippen LogP contribution in [0.1, 0.15) is 18.1 Å². The van der Waals surface area contributed by atoms with Crippen molar-refractivity contribution in [2.75, 3.05) is 26.5 Å². The van der Waals surface area contributed by atoms with Crippen molar-refractivity contribution in [3.8, 4) is 11.5 Å². The second-order valence-electron chi connectivity index (χ2n) is 7.56. The number of ether oxygens (including phenoxy) is 2. The average molecular weight is 550 g/mol. The molecule has 2 nitrogen and oxygen atoms in total. The molecule has 1 unspecified atom stereocenters. The summed E-state index contributed by atoms with van der Waals surface area (Å²) in [4.78, 5) is 1.34. The number of hydrogen-bond donors (Lipinski definition) is 0. The third-order valence-electron chi connectivity index (χ3n) is 5.19. The van der Waals surface area contributed by atoms with E-state index in [9.17, 15) is 0 Å². The van der Waals surface area contributed by atoms with Crippen LogP contribution in [-0.4, -0.2) is 46.2 Å². The summed E-state index contributed by atoms with van der Waals surface area (Å²) < 4.78 is 9.80. The zero-order valence-corrected chi connectivity index (χ0v) is 23.1. The molecule has 0 bridgehead atoms. The SMILES string of the molecule is COc1ccc(CCP(=[Se])(CCc2ccc(OC)cc2)SC(C)Sc2ccccc2)cc1. The van der Waals surface area contributed by atoms with E-state index in [0.29, 0.717) is 4.58 Å². The van der Waals surface area contributed by atoms with Gasteiger partial charge in [-0.05, 0) is 0 Å². The number of benzene rings is 3. The topological polar surface area (TPSA) is 18.5 Å². The van der Waals surface area contributed by atoms with Gasteiger partial charge in [-0.2, -0.15) is 0 Å². The molecule has 3 rings (SSSR count). The van der Waals surface area contributed by atoms with Crippen molar-refractivity contribution in [1.29, 1.82) is 0 Å². The van der Waals surface area contributed by atoms with E-state index in [-0.39, 0.29) is 0 Å². The van der Waals surface area contributed by atoms with Gasteiger partial charge in [0.2, 0.25) is 0 Å². The first-order chi connectivity index (χ1) is 15.5. The Kier molecular flexibility index (Phi) is 10.3. The Labute approximate surface area is 208 Å². The van der Waals surface area contributed by atoms with Crippen molar-refractivity contribution in [3.05, 3.63) is 90.0 Å². The van der Waals surface area contributed by atoms with Gasteiger partial charge in [-0.25, -0.2) is 0 Å². The van der Waals surface area contributed by atoms with Crippen LogP contribution in [0.15, 0.2) is 83.8 Å². The summed E-state index contributed by atoms with van der Waals surface area (Å²) in [5.74, 6) is 1.83. The molecule has 3 aromatic carbocycles. The zero-order chi connectivity index (χ0) is 22.8. The van der Waals surface area contributed by atoms with E-state index in [2.05, 4.69) is 112 Å². The minimum atomic E-state index is -1.32. The van der Waals surface area contributed by atoms with Crippen molar-refractivity contribution < 1.29 is 9.47 Å². The van der Waals surface area contributed by atoms with Crippen molar-refractivity contribution in [1.82, 2.24) is 0 Å². The fraction of sp³-hybridized carbons (Fsp3) is 0.308. The summed E-state index contributed by atoms with van der Waals surface area (Å²) >= 11 is 7.83. The summed E-state index contributed by atoms with van der Waals surface area (Å²) in [7, 11) is 3.43. The summed E-state index contributed by atoms with van der Waals surface area (Å²) in [5, 5.41) is 0.